The number of nitrogen functional groups attached to an aromatic ring is 1. The maximum Gasteiger partial charge on any atom is 0.363 e. The van der Waals surface area contributed by atoms with E-state index < -0.39 is 5.63 Å². The first-order valence-electron chi connectivity index (χ1n) is 4.36. The zero-order chi connectivity index (χ0) is 10.8. The number of rotatable bonds is 1. The molecule has 4 heteroatoms. The highest BCUT2D eigenvalue weighted by Gasteiger charge is 2.08. The Kier molecular flexibility index (Phi) is 2.17. The highest BCUT2D eigenvalue weighted by atomic mass is 16.4. The molecule has 0 aliphatic carbocycles. The second-order valence-corrected chi connectivity index (χ2v) is 3.06. The Labute approximate surface area is 85.6 Å². The van der Waals surface area contributed by atoms with Crippen LogP contribution in [-0.2, 0) is 0 Å². The molecule has 0 aliphatic heterocycles. The highest BCUT2D eigenvalue weighted by Crippen LogP contribution is 2.24. The van der Waals surface area contributed by atoms with Crippen molar-refractivity contribution in [3.05, 3.63) is 46.8 Å². The summed E-state index contributed by atoms with van der Waals surface area (Å²) < 4.78 is 4.93. The zero-order valence-corrected chi connectivity index (χ0v) is 7.81. The van der Waals surface area contributed by atoms with Crippen molar-refractivity contribution in [2.45, 2.75) is 0 Å². The summed E-state index contributed by atoms with van der Waals surface area (Å²) in [5.74, 6) is 0.0393. The zero-order valence-electron chi connectivity index (χ0n) is 7.81. The first kappa shape index (κ1) is 9.33. The molecule has 0 aliphatic rings. The van der Waals surface area contributed by atoms with E-state index in [4.69, 9.17) is 10.2 Å². The van der Waals surface area contributed by atoms with Gasteiger partial charge in [0.15, 0.2) is 5.69 Å². The lowest BCUT2D eigenvalue weighted by Crippen LogP contribution is -2.06. The van der Waals surface area contributed by atoms with E-state index in [1.54, 1.807) is 12.1 Å². The van der Waals surface area contributed by atoms with Crippen LogP contribution < -0.4 is 11.4 Å². The molecule has 1 heterocycles. The molecule has 76 valence electrons. The van der Waals surface area contributed by atoms with Crippen LogP contribution in [0.1, 0.15) is 0 Å². The summed E-state index contributed by atoms with van der Waals surface area (Å²) in [5.41, 5.74) is 4.99. The summed E-state index contributed by atoms with van der Waals surface area (Å²) in [6.45, 7) is 0. The van der Waals surface area contributed by atoms with Crippen LogP contribution in [0.25, 0.3) is 11.3 Å². The first-order valence-corrected chi connectivity index (χ1v) is 4.36. The lowest BCUT2D eigenvalue weighted by atomic mass is 10.1. The third-order valence-electron chi connectivity index (χ3n) is 2.02. The molecule has 1 aromatic heterocycles. The molecule has 1 aromatic carbocycles. The number of aromatic hydroxyl groups is 1. The Balaban J connectivity index is 2.61. The van der Waals surface area contributed by atoms with Crippen LogP contribution in [0, 0.1) is 0 Å². The fraction of sp³-hybridized carbons (Fsp3) is 0. The molecule has 0 saturated carbocycles. The summed E-state index contributed by atoms with van der Waals surface area (Å²) in [7, 11) is 0. The lowest BCUT2D eigenvalue weighted by molar-refractivity contribution is 0.457. The van der Waals surface area contributed by atoms with Crippen molar-refractivity contribution in [1.29, 1.82) is 0 Å². The minimum Gasteiger partial charge on any atom is -0.505 e. The molecule has 0 radical (unpaired) electrons. The first-order chi connectivity index (χ1) is 7.18. The molecule has 0 amide bonds. The van der Waals surface area contributed by atoms with Gasteiger partial charge in [0.25, 0.3) is 0 Å². The van der Waals surface area contributed by atoms with Crippen LogP contribution in [0.2, 0.25) is 0 Å². The molecule has 0 bridgehead atoms. The van der Waals surface area contributed by atoms with Gasteiger partial charge in [-0.15, -0.1) is 0 Å². The summed E-state index contributed by atoms with van der Waals surface area (Å²) in [5, 5.41) is 9.36. The lowest BCUT2D eigenvalue weighted by Gasteiger charge is -2.01. The minimum atomic E-state index is -0.728. The second-order valence-electron chi connectivity index (χ2n) is 3.06. The van der Waals surface area contributed by atoms with Gasteiger partial charge >= 0.3 is 5.63 Å². The van der Waals surface area contributed by atoms with Gasteiger partial charge in [-0.1, -0.05) is 30.3 Å². The van der Waals surface area contributed by atoms with Gasteiger partial charge in [0.2, 0.25) is 0 Å². The second kappa shape index (κ2) is 3.49. The predicted molar refractivity (Wildman–Crippen MR) is 56.5 cm³/mol. The average molecular weight is 203 g/mol. The van der Waals surface area contributed by atoms with E-state index in [9.17, 15) is 9.90 Å². The molecule has 3 N–H and O–H groups in total. The van der Waals surface area contributed by atoms with Gasteiger partial charge in [0.1, 0.15) is 11.5 Å². The molecule has 0 spiro atoms. The molecule has 0 fully saturated rings. The standard InChI is InChI=1S/C11H9NO3/c12-10-8(13)6-9(15-11(10)14)7-4-2-1-3-5-7/h1-6,13H,12H2. The van der Waals surface area contributed by atoms with Gasteiger partial charge in [-0.05, 0) is 0 Å². The smallest absolute Gasteiger partial charge is 0.363 e. The van der Waals surface area contributed by atoms with Crippen molar-refractivity contribution in [3.63, 3.8) is 0 Å². The van der Waals surface area contributed by atoms with Crippen molar-refractivity contribution in [2.75, 3.05) is 5.73 Å². The Bertz CT molecular complexity index is 531. The molecule has 2 aromatic rings. The largest absolute Gasteiger partial charge is 0.505 e. The highest BCUT2D eigenvalue weighted by molar-refractivity contribution is 5.62. The number of hydrogen-bond donors (Lipinski definition) is 2. The molecule has 0 saturated heterocycles. The van der Waals surface area contributed by atoms with Crippen LogP contribution in [0.15, 0.2) is 45.6 Å². The molecule has 4 nitrogen and oxygen atoms in total. The molecule has 0 atom stereocenters. The van der Waals surface area contributed by atoms with Crippen LogP contribution in [0.5, 0.6) is 5.75 Å². The maximum absolute atomic E-state index is 11.2. The van der Waals surface area contributed by atoms with Crippen LogP contribution >= 0.6 is 0 Å². The summed E-state index contributed by atoms with van der Waals surface area (Å²) in [6.07, 6.45) is 0. The molecule has 2 rings (SSSR count). The van der Waals surface area contributed by atoms with E-state index in [1.165, 1.54) is 6.07 Å². The third kappa shape index (κ3) is 1.69. The van der Waals surface area contributed by atoms with Crippen molar-refractivity contribution < 1.29 is 9.52 Å². The predicted octanol–water partition coefficient (Wildman–Crippen LogP) is 1.59. The number of benzene rings is 1. The summed E-state index contributed by atoms with van der Waals surface area (Å²) in [4.78, 5) is 11.2. The average Bonchev–Trinajstić information content (AvgIpc) is 2.26. The van der Waals surface area contributed by atoms with Crippen LogP contribution in [0.3, 0.4) is 0 Å². The van der Waals surface area contributed by atoms with Crippen LogP contribution in [-0.4, -0.2) is 5.11 Å². The van der Waals surface area contributed by atoms with Gasteiger partial charge in [-0.3, -0.25) is 0 Å². The minimum absolute atomic E-state index is 0.259. The van der Waals surface area contributed by atoms with Crippen molar-refractivity contribution in [2.24, 2.45) is 0 Å². The Morgan fingerprint density at radius 1 is 1.20 bits per heavy atom. The fourth-order valence-electron chi connectivity index (χ4n) is 1.24. The van der Waals surface area contributed by atoms with Gasteiger partial charge in [-0.2, -0.15) is 0 Å². The van der Waals surface area contributed by atoms with Gasteiger partial charge in [0.05, 0.1) is 0 Å². The van der Waals surface area contributed by atoms with E-state index in [-0.39, 0.29) is 11.4 Å². The van der Waals surface area contributed by atoms with Crippen molar-refractivity contribution in [1.82, 2.24) is 0 Å². The van der Waals surface area contributed by atoms with Crippen LogP contribution in [0.4, 0.5) is 5.69 Å². The Hall–Kier alpha value is -2.23. The summed E-state index contributed by atoms with van der Waals surface area (Å²) in [6, 6.07) is 10.3. The topological polar surface area (TPSA) is 76.5 Å². The quantitative estimate of drug-likeness (QED) is 0.737. The molecular formula is C11H9NO3. The van der Waals surface area contributed by atoms with E-state index in [2.05, 4.69) is 0 Å². The SMILES string of the molecule is Nc1c(O)cc(-c2ccccc2)oc1=O. The monoisotopic (exact) mass is 203 g/mol. The van der Waals surface area contributed by atoms with Gasteiger partial charge < -0.3 is 15.3 Å². The van der Waals surface area contributed by atoms with E-state index in [0.717, 1.165) is 0 Å². The van der Waals surface area contributed by atoms with E-state index in [0.29, 0.717) is 11.3 Å². The fourth-order valence-corrected chi connectivity index (χ4v) is 1.24. The molecule has 15 heavy (non-hydrogen) atoms. The van der Waals surface area contributed by atoms with Gasteiger partial charge in [-0.25, -0.2) is 4.79 Å². The van der Waals surface area contributed by atoms with Crippen molar-refractivity contribution in [3.8, 4) is 17.1 Å². The Morgan fingerprint density at radius 2 is 1.87 bits per heavy atom. The normalized spacial score (nSPS) is 10.1. The van der Waals surface area contributed by atoms with Gasteiger partial charge in [0, 0.05) is 11.6 Å². The van der Waals surface area contributed by atoms with E-state index in [1.807, 2.05) is 18.2 Å². The number of anilines is 1. The number of hydrogen-bond acceptors (Lipinski definition) is 4. The third-order valence-corrected chi connectivity index (χ3v) is 2.02. The summed E-state index contributed by atoms with van der Waals surface area (Å²) >= 11 is 0. The van der Waals surface area contributed by atoms with E-state index >= 15 is 0 Å². The molecular weight excluding hydrogens is 194 g/mol. The maximum atomic E-state index is 11.2. The Morgan fingerprint density at radius 3 is 2.47 bits per heavy atom. The number of nitrogens with two attached hydrogens (primary N) is 1. The van der Waals surface area contributed by atoms with Crippen molar-refractivity contribution >= 4 is 5.69 Å². The molecule has 0 unspecified atom stereocenters.